The Morgan fingerprint density at radius 1 is 1.39 bits per heavy atom. The molecule has 0 bridgehead atoms. The quantitative estimate of drug-likeness (QED) is 0.796. The van der Waals surface area contributed by atoms with Crippen molar-refractivity contribution in [3.05, 3.63) is 39.8 Å². The first-order valence-electron chi connectivity index (χ1n) is 7.63. The van der Waals surface area contributed by atoms with Gasteiger partial charge in [-0.15, -0.1) is 5.10 Å². The van der Waals surface area contributed by atoms with Crippen LogP contribution in [0.2, 0.25) is 0 Å². The lowest BCUT2D eigenvalue weighted by molar-refractivity contribution is -0.115. The van der Waals surface area contributed by atoms with Crippen LogP contribution < -0.4 is 11.0 Å². The van der Waals surface area contributed by atoms with Gasteiger partial charge in [-0.05, 0) is 38.3 Å². The molecule has 2 aromatic rings. The van der Waals surface area contributed by atoms with Crippen LogP contribution in [-0.4, -0.2) is 25.9 Å². The molecule has 0 spiro atoms. The summed E-state index contributed by atoms with van der Waals surface area (Å²) in [7, 11) is 0. The Kier molecular flexibility index (Phi) is 5.65. The van der Waals surface area contributed by atoms with Crippen molar-refractivity contribution in [2.75, 3.05) is 5.32 Å². The molecule has 7 heteroatoms. The Morgan fingerprint density at radius 2 is 2.04 bits per heavy atom. The molecule has 0 aliphatic carbocycles. The first-order valence-corrected chi connectivity index (χ1v) is 8.51. The van der Waals surface area contributed by atoms with Gasteiger partial charge in [0.25, 0.3) is 0 Å². The zero-order valence-corrected chi connectivity index (χ0v) is 14.7. The van der Waals surface area contributed by atoms with Crippen molar-refractivity contribution < 1.29 is 4.79 Å². The summed E-state index contributed by atoms with van der Waals surface area (Å²) in [5.74, 6) is -0.106. The summed E-state index contributed by atoms with van der Waals surface area (Å²) in [6, 6.07) is 5.89. The molecule has 1 atom stereocenters. The standard InChI is InChI=1S/C16H22N4O2S/c1-5-9-20-15(22)18-19-16(20)23-12(4)14(21)17-13-10(2)7-6-8-11(13)3/h6-8,12H,5,9H2,1-4H3,(H,17,21)(H,18,22). The second-order valence-electron chi connectivity index (χ2n) is 5.48. The minimum absolute atomic E-state index is 0.106. The van der Waals surface area contributed by atoms with E-state index in [1.54, 1.807) is 4.57 Å². The van der Waals surface area contributed by atoms with E-state index in [0.717, 1.165) is 23.2 Å². The zero-order valence-electron chi connectivity index (χ0n) is 13.8. The summed E-state index contributed by atoms with van der Waals surface area (Å²) < 4.78 is 1.56. The maximum atomic E-state index is 12.4. The molecule has 0 fully saturated rings. The van der Waals surface area contributed by atoms with Crippen molar-refractivity contribution in [2.45, 2.75) is 51.1 Å². The van der Waals surface area contributed by atoms with Gasteiger partial charge in [-0.1, -0.05) is 36.9 Å². The topological polar surface area (TPSA) is 79.8 Å². The van der Waals surface area contributed by atoms with E-state index in [0.29, 0.717) is 11.7 Å². The molecule has 0 aliphatic heterocycles. The highest BCUT2D eigenvalue weighted by atomic mass is 32.2. The van der Waals surface area contributed by atoms with E-state index in [-0.39, 0.29) is 16.8 Å². The largest absolute Gasteiger partial charge is 0.343 e. The number of nitrogens with zero attached hydrogens (tertiary/aromatic N) is 2. The Morgan fingerprint density at radius 3 is 2.65 bits per heavy atom. The molecule has 1 unspecified atom stereocenters. The van der Waals surface area contributed by atoms with Crippen LogP contribution in [0, 0.1) is 13.8 Å². The maximum absolute atomic E-state index is 12.4. The fourth-order valence-electron chi connectivity index (χ4n) is 2.26. The zero-order chi connectivity index (χ0) is 17.0. The molecule has 1 aromatic carbocycles. The Balaban J connectivity index is 2.10. The number of aromatic amines is 1. The molecule has 0 radical (unpaired) electrons. The number of hydrogen-bond acceptors (Lipinski definition) is 4. The molecule has 1 heterocycles. The van der Waals surface area contributed by atoms with E-state index < -0.39 is 0 Å². The minimum atomic E-state index is -0.361. The van der Waals surface area contributed by atoms with Gasteiger partial charge in [0.15, 0.2) is 5.16 Å². The lowest BCUT2D eigenvalue weighted by atomic mass is 10.1. The average molecular weight is 334 g/mol. The highest BCUT2D eigenvalue weighted by Crippen LogP contribution is 2.24. The number of aryl methyl sites for hydroxylation is 2. The van der Waals surface area contributed by atoms with Crippen LogP contribution in [0.3, 0.4) is 0 Å². The van der Waals surface area contributed by atoms with Crippen LogP contribution in [0.5, 0.6) is 0 Å². The summed E-state index contributed by atoms with van der Waals surface area (Å²) in [6.45, 7) is 8.32. The summed E-state index contributed by atoms with van der Waals surface area (Å²) in [6.07, 6.45) is 0.829. The molecule has 6 nitrogen and oxygen atoms in total. The van der Waals surface area contributed by atoms with Gasteiger partial charge in [-0.25, -0.2) is 9.89 Å². The van der Waals surface area contributed by atoms with Crippen LogP contribution >= 0.6 is 11.8 Å². The van der Waals surface area contributed by atoms with Gasteiger partial charge in [0.05, 0.1) is 5.25 Å². The third kappa shape index (κ3) is 4.04. The third-order valence-electron chi connectivity index (χ3n) is 3.55. The highest BCUT2D eigenvalue weighted by Gasteiger charge is 2.19. The van der Waals surface area contributed by atoms with Crippen LogP contribution in [0.15, 0.2) is 28.2 Å². The first kappa shape index (κ1) is 17.3. The monoisotopic (exact) mass is 334 g/mol. The Hall–Kier alpha value is -2.02. The first-order chi connectivity index (χ1) is 10.9. The SMILES string of the molecule is CCCn1c(SC(C)C(=O)Nc2c(C)cccc2C)n[nH]c1=O. The van der Waals surface area contributed by atoms with E-state index in [4.69, 9.17) is 0 Å². The second kappa shape index (κ2) is 7.50. The number of thioether (sulfide) groups is 1. The van der Waals surface area contributed by atoms with Crippen molar-refractivity contribution in [1.82, 2.24) is 14.8 Å². The van der Waals surface area contributed by atoms with E-state index in [2.05, 4.69) is 15.5 Å². The molecule has 23 heavy (non-hydrogen) atoms. The summed E-state index contributed by atoms with van der Waals surface area (Å²) in [4.78, 5) is 24.1. The Bertz CT molecular complexity index is 731. The number of H-pyrrole nitrogens is 1. The number of para-hydroxylation sites is 1. The van der Waals surface area contributed by atoms with E-state index in [1.807, 2.05) is 45.9 Å². The molecule has 0 aliphatic rings. The number of carbonyl (C=O) groups is 1. The van der Waals surface area contributed by atoms with Crippen LogP contribution in [0.25, 0.3) is 0 Å². The number of hydrogen-bond donors (Lipinski definition) is 2. The molecule has 1 aromatic heterocycles. The molecule has 124 valence electrons. The number of rotatable bonds is 6. The third-order valence-corrected chi connectivity index (χ3v) is 4.64. The molecule has 2 N–H and O–H groups in total. The lowest BCUT2D eigenvalue weighted by Crippen LogP contribution is -2.24. The predicted molar refractivity (Wildman–Crippen MR) is 93.0 cm³/mol. The van der Waals surface area contributed by atoms with Crippen molar-refractivity contribution >= 4 is 23.4 Å². The number of aromatic nitrogens is 3. The van der Waals surface area contributed by atoms with Crippen molar-refractivity contribution in [3.63, 3.8) is 0 Å². The van der Waals surface area contributed by atoms with Gasteiger partial charge < -0.3 is 5.32 Å². The normalized spacial score (nSPS) is 12.2. The number of amides is 1. The van der Waals surface area contributed by atoms with Crippen LogP contribution in [0.1, 0.15) is 31.4 Å². The van der Waals surface area contributed by atoms with Gasteiger partial charge in [0, 0.05) is 12.2 Å². The van der Waals surface area contributed by atoms with Crippen LogP contribution in [0.4, 0.5) is 5.69 Å². The van der Waals surface area contributed by atoms with Gasteiger partial charge in [-0.3, -0.25) is 9.36 Å². The van der Waals surface area contributed by atoms with E-state index in [9.17, 15) is 9.59 Å². The molecule has 0 saturated heterocycles. The number of nitrogens with one attached hydrogen (secondary N) is 2. The van der Waals surface area contributed by atoms with E-state index in [1.165, 1.54) is 11.8 Å². The number of carbonyl (C=O) groups excluding carboxylic acids is 1. The fourth-order valence-corrected chi connectivity index (χ4v) is 3.14. The molecular weight excluding hydrogens is 312 g/mol. The van der Waals surface area contributed by atoms with Crippen molar-refractivity contribution in [2.24, 2.45) is 0 Å². The lowest BCUT2D eigenvalue weighted by Gasteiger charge is -2.15. The summed E-state index contributed by atoms with van der Waals surface area (Å²) in [5.41, 5.74) is 2.66. The molecule has 1 amide bonds. The smallest absolute Gasteiger partial charge is 0.325 e. The Labute approximate surface area is 139 Å². The minimum Gasteiger partial charge on any atom is -0.325 e. The summed E-state index contributed by atoms with van der Waals surface area (Å²) >= 11 is 1.28. The van der Waals surface area contributed by atoms with Gasteiger partial charge >= 0.3 is 5.69 Å². The second-order valence-corrected chi connectivity index (χ2v) is 6.79. The fraction of sp³-hybridized carbons (Fsp3) is 0.438. The van der Waals surface area contributed by atoms with Gasteiger partial charge in [0.2, 0.25) is 5.91 Å². The molecular formula is C16H22N4O2S. The predicted octanol–water partition coefficient (Wildman–Crippen LogP) is 2.72. The summed E-state index contributed by atoms with van der Waals surface area (Å²) in [5, 5.41) is 9.60. The van der Waals surface area contributed by atoms with E-state index >= 15 is 0 Å². The highest BCUT2D eigenvalue weighted by molar-refractivity contribution is 8.00. The van der Waals surface area contributed by atoms with Gasteiger partial charge in [-0.2, -0.15) is 0 Å². The average Bonchev–Trinajstić information content (AvgIpc) is 2.84. The maximum Gasteiger partial charge on any atom is 0.343 e. The van der Waals surface area contributed by atoms with Crippen molar-refractivity contribution in [3.8, 4) is 0 Å². The molecule has 2 rings (SSSR count). The van der Waals surface area contributed by atoms with Gasteiger partial charge in [0.1, 0.15) is 0 Å². The van der Waals surface area contributed by atoms with Crippen LogP contribution in [-0.2, 0) is 11.3 Å². The molecule has 0 saturated carbocycles. The number of anilines is 1. The number of benzene rings is 1. The van der Waals surface area contributed by atoms with Crippen molar-refractivity contribution in [1.29, 1.82) is 0 Å².